The number of thiophene rings is 1. The third kappa shape index (κ3) is 2.86. The van der Waals surface area contributed by atoms with Gasteiger partial charge in [-0.25, -0.2) is 0 Å². The molecule has 1 N–H and O–H groups in total. The highest BCUT2D eigenvalue weighted by molar-refractivity contribution is 7.15. The smallest absolute Gasteiger partial charge is 0.306 e. The van der Waals surface area contributed by atoms with Crippen LogP contribution >= 0.6 is 22.9 Å². The Balaban J connectivity index is 2.10. The second kappa shape index (κ2) is 6.53. The average molecular weight is 415 g/mol. The largest absolute Gasteiger partial charge is 0.481 e. The van der Waals surface area contributed by atoms with Crippen LogP contribution in [0.4, 0.5) is 0 Å². The van der Waals surface area contributed by atoms with Gasteiger partial charge < -0.3 is 5.11 Å². The molecule has 0 fully saturated rings. The number of aromatic nitrogens is 3. The molecule has 0 saturated carbocycles. The minimum atomic E-state index is -1.05. The first-order chi connectivity index (χ1) is 13.2. The Kier molecular flexibility index (Phi) is 4.39. The van der Waals surface area contributed by atoms with Gasteiger partial charge in [0.25, 0.3) is 0 Å². The van der Waals surface area contributed by atoms with Crippen LogP contribution in [0.2, 0.25) is 5.02 Å². The van der Waals surface area contributed by atoms with E-state index in [9.17, 15) is 9.90 Å². The van der Waals surface area contributed by atoms with Gasteiger partial charge in [-0.05, 0) is 45.4 Å². The van der Waals surface area contributed by atoms with E-state index in [0.29, 0.717) is 16.7 Å². The second-order valence-electron chi connectivity index (χ2n) is 7.18. The Bertz CT molecular complexity index is 1130. The van der Waals surface area contributed by atoms with E-state index in [0.717, 1.165) is 27.4 Å². The number of aliphatic imine (C=N–C) groups is 1. The lowest BCUT2D eigenvalue weighted by atomic mass is 9.95. The minimum Gasteiger partial charge on any atom is -0.481 e. The van der Waals surface area contributed by atoms with Crippen molar-refractivity contribution in [1.29, 1.82) is 0 Å². The number of rotatable bonds is 3. The predicted molar refractivity (Wildman–Crippen MR) is 110 cm³/mol. The lowest BCUT2D eigenvalue weighted by molar-refractivity contribution is -0.138. The molecule has 28 heavy (non-hydrogen) atoms. The summed E-state index contributed by atoms with van der Waals surface area (Å²) in [4.78, 5) is 17.8. The van der Waals surface area contributed by atoms with Crippen molar-refractivity contribution in [2.75, 3.05) is 0 Å². The quantitative estimate of drug-likeness (QED) is 0.686. The zero-order chi connectivity index (χ0) is 20.2. The molecular formula is C20H19ClN4O2S. The van der Waals surface area contributed by atoms with Crippen LogP contribution in [-0.2, 0) is 10.3 Å². The lowest BCUT2D eigenvalue weighted by Crippen LogP contribution is -2.27. The number of carbonyl (C=O) groups is 1. The van der Waals surface area contributed by atoms with Crippen LogP contribution in [-0.4, -0.2) is 31.6 Å². The fourth-order valence-corrected chi connectivity index (χ4v) is 4.91. The fraction of sp³-hybridized carbons (Fsp3) is 0.300. The normalized spacial score (nSPS) is 18.2. The topological polar surface area (TPSA) is 80.4 Å². The second-order valence-corrected chi connectivity index (χ2v) is 8.82. The number of hydrogen-bond acceptors (Lipinski definition) is 5. The van der Waals surface area contributed by atoms with E-state index in [1.54, 1.807) is 18.3 Å². The van der Waals surface area contributed by atoms with Gasteiger partial charge in [0.1, 0.15) is 16.4 Å². The summed E-state index contributed by atoms with van der Waals surface area (Å²) in [5, 5.41) is 19.7. The molecule has 0 radical (unpaired) electrons. The first-order valence-corrected chi connectivity index (χ1v) is 10.0. The Labute approximate surface area is 171 Å². The molecule has 6 nitrogen and oxygen atoms in total. The molecule has 1 aromatic carbocycles. The number of nitrogens with zero attached hydrogens (tertiary/aromatic N) is 4. The lowest BCUT2D eigenvalue weighted by Gasteiger charge is -2.22. The molecule has 3 aromatic rings. The Morgan fingerprint density at radius 2 is 1.89 bits per heavy atom. The number of fused-ring (bicyclic) bond motifs is 3. The van der Waals surface area contributed by atoms with Gasteiger partial charge in [0.05, 0.1) is 12.1 Å². The first-order valence-electron chi connectivity index (χ1n) is 8.82. The van der Waals surface area contributed by atoms with Crippen LogP contribution in [0.25, 0.3) is 5.00 Å². The van der Waals surface area contributed by atoms with Gasteiger partial charge in [0.2, 0.25) is 0 Å². The third-order valence-corrected chi connectivity index (χ3v) is 6.53. The molecule has 2 aromatic heterocycles. The van der Waals surface area contributed by atoms with Crippen molar-refractivity contribution in [2.45, 2.75) is 39.7 Å². The van der Waals surface area contributed by atoms with Crippen molar-refractivity contribution in [3.8, 4) is 5.00 Å². The van der Waals surface area contributed by atoms with Gasteiger partial charge in [0, 0.05) is 21.0 Å². The van der Waals surface area contributed by atoms with Gasteiger partial charge in [-0.15, -0.1) is 21.5 Å². The van der Waals surface area contributed by atoms with E-state index in [2.05, 4.69) is 24.0 Å². The molecule has 0 aliphatic carbocycles. The zero-order valence-electron chi connectivity index (χ0n) is 15.9. The number of benzene rings is 1. The molecule has 0 saturated heterocycles. The van der Waals surface area contributed by atoms with Crippen LogP contribution in [0.15, 0.2) is 29.3 Å². The molecule has 0 unspecified atom stereocenters. The molecule has 8 heteroatoms. The van der Waals surface area contributed by atoms with E-state index >= 15 is 0 Å². The summed E-state index contributed by atoms with van der Waals surface area (Å²) in [6.45, 7) is 7.81. The average Bonchev–Trinajstić information content (AvgIpc) is 3.11. The van der Waals surface area contributed by atoms with Gasteiger partial charge in [-0.3, -0.25) is 14.4 Å². The van der Waals surface area contributed by atoms with E-state index in [1.807, 2.05) is 35.8 Å². The molecule has 1 atom stereocenters. The summed E-state index contributed by atoms with van der Waals surface area (Å²) < 4.78 is 1.95. The maximum atomic E-state index is 11.7. The molecule has 3 heterocycles. The Morgan fingerprint density at radius 3 is 2.54 bits per heavy atom. The van der Waals surface area contributed by atoms with Crippen LogP contribution in [0, 0.1) is 20.8 Å². The van der Waals surface area contributed by atoms with Crippen LogP contribution < -0.4 is 0 Å². The van der Waals surface area contributed by atoms with Crippen molar-refractivity contribution in [1.82, 2.24) is 14.8 Å². The highest BCUT2D eigenvalue weighted by Gasteiger charge is 2.40. The van der Waals surface area contributed by atoms with Gasteiger partial charge >= 0.3 is 5.97 Å². The first kappa shape index (κ1) is 18.8. The molecule has 144 valence electrons. The van der Waals surface area contributed by atoms with Crippen molar-refractivity contribution in [3.05, 3.63) is 62.5 Å². The monoisotopic (exact) mass is 414 g/mol. The van der Waals surface area contributed by atoms with Gasteiger partial charge in [-0.1, -0.05) is 23.7 Å². The Morgan fingerprint density at radius 1 is 1.21 bits per heavy atom. The van der Waals surface area contributed by atoms with E-state index < -0.39 is 11.5 Å². The molecule has 0 bridgehead atoms. The van der Waals surface area contributed by atoms with Crippen LogP contribution in [0.1, 0.15) is 46.6 Å². The fourth-order valence-electron chi connectivity index (χ4n) is 3.58. The van der Waals surface area contributed by atoms with Crippen LogP contribution in [0.5, 0.6) is 0 Å². The molecule has 1 aliphatic rings. The third-order valence-electron chi connectivity index (χ3n) is 5.08. The summed E-state index contributed by atoms with van der Waals surface area (Å²) in [7, 11) is 0. The van der Waals surface area contributed by atoms with E-state index in [4.69, 9.17) is 16.6 Å². The predicted octanol–water partition coefficient (Wildman–Crippen LogP) is 4.45. The minimum absolute atomic E-state index is 0.185. The standard InChI is InChI=1S/C20H19ClN4O2S/c1-10-11(2)28-18-16(10)17(13-5-7-14(21)8-6-13)22-20(4,9-15(26)27)19-24-23-12(3)25(18)19/h5-8H,9H2,1-4H3,(H,26,27)/t20-/m1/s1. The summed E-state index contributed by atoms with van der Waals surface area (Å²) in [5.74, 6) is 0.313. The van der Waals surface area contributed by atoms with Crippen molar-refractivity contribution in [2.24, 2.45) is 4.99 Å². The van der Waals surface area contributed by atoms with Crippen LogP contribution in [0.3, 0.4) is 0 Å². The molecule has 4 rings (SSSR count). The van der Waals surface area contributed by atoms with E-state index in [1.165, 1.54) is 4.88 Å². The maximum Gasteiger partial charge on any atom is 0.306 e. The van der Waals surface area contributed by atoms with Crippen molar-refractivity contribution < 1.29 is 9.90 Å². The highest BCUT2D eigenvalue weighted by Crippen LogP contribution is 2.41. The molecule has 0 amide bonds. The van der Waals surface area contributed by atoms with Crippen molar-refractivity contribution in [3.63, 3.8) is 0 Å². The number of carboxylic acid groups (broad SMARTS) is 1. The van der Waals surface area contributed by atoms with E-state index in [-0.39, 0.29) is 6.42 Å². The number of aliphatic carboxylic acids is 1. The van der Waals surface area contributed by atoms with Crippen molar-refractivity contribution >= 4 is 34.6 Å². The van der Waals surface area contributed by atoms with Gasteiger partial charge in [0.15, 0.2) is 5.82 Å². The molecule has 1 aliphatic heterocycles. The summed E-state index contributed by atoms with van der Waals surface area (Å²) in [5.41, 5.74) is 2.69. The summed E-state index contributed by atoms with van der Waals surface area (Å²) in [6, 6.07) is 7.46. The van der Waals surface area contributed by atoms with Gasteiger partial charge in [-0.2, -0.15) is 0 Å². The highest BCUT2D eigenvalue weighted by atomic mass is 35.5. The number of aryl methyl sites for hydroxylation is 2. The summed E-state index contributed by atoms with van der Waals surface area (Å²) in [6.07, 6.45) is -0.185. The zero-order valence-corrected chi connectivity index (χ0v) is 17.5. The number of carboxylic acids is 1. The molecule has 0 spiro atoms. The Hall–Kier alpha value is -2.51. The number of hydrogen-bond donors (Lipinski definition) is 1. The summed E-state index contributed by atoms with van der Waals surface area (Å²) >= 11 is 7.72. The maximum absolute atomic E-state index is 11.7. The molecular weight excluding hydrogens is 396 g/mol. The number of halogens is 1. The SMILES string of the molecule is Cc1sc2c(c1C)C(c1ccc(Cl)cc1)=N[C@](C)(CC(=O)O)c1nnc(C)n1-2.